The van der Waals surface area contributed by atoms with Gasteiger partial charge in [-0.3, -0.25) is 0 Å². The molecule has 0 unspecified atom stereocenters. The molecule has 0 aliphatic carbocycles. The van der Waals surface area contributed by atoms with Gasteiger partial charge in [-0.15, -0.1) is 0 Å². The van der Waals surface area contributed by atoms with E-state index in [0.29, 0.717) is 0 Å². The molecule has 7 aromatic carbocycles. The van der Waals surface area contributed by atoms with E-state index in [0.717, 1.165) is 44.2 Å². The lowest BCUT2D eigenvalue weighted by molar-refractivity contribution is 0.668. The summed E-state index contributed by atoms with van der Waals surface area (Å²) in [6, 6.07) is 53.6. The summed E-state index contributed by atoms with van der Waals surface area (Å²) >= 11 is 0. The molecule has 0 aliphatic heterocycles. The SMILES string of the molecule is c1ccc2c(c1)oc1cccc(-c3ccc(-c4ccc(-n5c6ccccc6c6c7c(ccc65)oc5ccccc57)cc4)cc3)c12. The van der Waals surface area contributed by atoms with Crippen molar-refractivity contribution in [2.24, 2.45) is 0 Å². The van der Waals surface area contributed by atoms with Crippen molar-refractivity contribution >= 4 is 65.7 Å². The van der Waals surface area contributed by atoms with Crippen LogP contribution in [-0.2, 0) is 0 Å². The second kappa shape index (κ2) is 9.22. The molecule has 210 valence electrons. The zero-order chi connectivity index (χ0) is 29.5. The van der Waals surface area contributed by atoms with Crippen molar-refractivity contribution in [1.29, 1.82) is 0 Å². The van der Waals surface area contributed by atoms with Crippen LogP contribution in [0.5, 0.6) is 0 Å². The van der Waals surface area contributed by atoms with Crippen LogP contribution in [0.3, 0.4) is 0 Å². The lowest BCUT2D eigenvalue weighted by Gasteiger charge is -2.10. The summed E-state index contributed by atoms with van der Waals surface area (Å²) in [6.07, 6.45) is 0. The van der Waals surface area contributed by atoms with E-state index in [1.165, 1.54) is 49.4 Å². The van der Waals surface area contributed by atoms with Crippen molar-refractivity contribution in [3.63, 3.8) is 0 Å². The summed E-state index contributed by atoms with van der Waals surface area (Å²) in [5, 5.41) is 7.09. The highest BCUT2D eigenvalue weighted by Crippen LogP contribution is 2.41. The molecule has 0 spiro atoms. The Morgan fingerprint density at radius 2 is 0.889 bits per heavy atom. The van der Waals surface area contributed by atoms with E-state index in [1.54, 1.807) is 0 Å². The van der Waals surface area contributed by atoms with Gasteiger partial charge in [0, 0.05) is 38.0 Å². The molecule has 0 atom stereocenters. The predicted molar refractivity (Wildman–Crippen MR) is 186 cm³/mol. The molecule has 0 saturated heterocycles. The minimum absolute atomic E-state index is 0.917. The van der Waals surface area contributed by atoms with Crippen LogP contribution >= 0.6 is 0 Å². The minimum atomic E-state index is 0.917. The highest BCUT2D eigenvalue weighted by molar-refractivity contribution is 6.27. The fourth-order valence-electron chi connectivity index (χ4n) is 7.21. The van der Waals surface area contributed by atoms with Crippen LogP contribution < -0.4 is 0 Å². The summed E-state index contributed by atoms with van der Waals surface area (Å²) in [6.45, 7) is 0. The van der Waals surface area contributed by atoms with Crippen LogP contribution in [0.15, 0.2) is 160 Å². The third-order valence-electron chi connectivity index (χ3n) is 9.23. The number of fused-ring (bicyclic) bond motifs is 10. The number of furan rings is 2. The second-order valence-corrected chi connectivity index (χ2v) is 11.7. The molecule has 10 rings (SSSR count). The lowest BCUT2D eigenvalue weighted by Crippen LogP contribution is -1.93. The molecule has 3 heteroatoms. The molecule has 3 aromatic heterocycles. The molecule has 3 nitrogen and oxygen atoms in total. The first-order valence-electron chi connectivity index (χ1n) is 15.3. The first-order chi connectivity index (χ1) is 22.3. The van der Waals surface area contributed by atoms with E-state index < -0.39 is 0 Å². The van der Waals surface area contributed by atoms with Gasteiger partial charge < -0.3 is 13.4 Å². The molecule has 0 N–H and O–H groups in total. The van der Waals surface area contributed by atoms with Gasteiger partial charge in [0.05, 0.1) is 11.0 Å². The Labute approximate surface area is 258 Å². The van der Waals surface area contributed by atoms with E-state index in [9.17, 15) is 0 Å². The number of rotatable bonds is 3. The number of benzene rings is 7. The van der Waals surface area contributed by atoms with Crippen molar-refractivity contribution in [3.05, 3.63) is 152 Å². The minimum Gasteiger partial charge on any atom is -0.456 e. The van der Waals surface area contributed by atoms with E-state index in [2.05, 4.69) is 126 Å². The van der Waals surface area contributed by atoms with Crippen LogP contribution in [0.25, 0.3) is 93.6 Å². The highest BCUT2D eigenvalue weighted by Gasteiger charge is 2.18. The standard InChI is InChI=1S/C42H25NO2/c1-4-12-34-31(8-1)41-35(24-25-39-42(41)33-10-3-6-14-37(33)45-39)43(34)29-22-20-27(21-23-29)26-16-18-28(19-17-26)30-11-7-15-38-40(30)32-9-2-5-13-36(32)44-38/h1-25H. The predicted octanol–water partition coefficient (Wildman–Crippen LogP) is 11.9. The molecule has 0 saturated carbocycles. The zero-order valence-corrected chi connectivity index (χ0v) is 24.2. The number of para-hydroxylation sites is 3. The maximum absolute atomic E-state index is 6.25. The summed E-state index contributed by atoms with van der Waals surface area (Å²) < 4.78 is 14.7. The van der Waals surface area contributed by atoms with Crippen molar-refractivity contribution in [2.75, 3.05) is 0 Å². The normalized spacial score (nSPS) is 12.0. The van der Waals surface area contributed by atoms with Gasteiger partial charge in [-0.1, -0.05) is 103 Å². The maximum atomic E-state index is 6.25. The summed E-state index contributed by atoms with van der Waals surface area (Å²) in [5.41, 5.74) is 11.9. The average molecular weight is 576 g/mol. The van der Waals surface area contributed by atoms with E-state index in [4.69, 9.17) is 8.83 Å². The molecule has 0 fully saturated rings. The van der Waals surface area contributed by atoms with Crippen LogP contribution in [-0.4, -0.2) is 4.57 Å². The topological polar surface area (TPSA) is 31.2 Å². The van der Waals surface area contributed by atoms with Gasteiger partial charge in [-0.05, 0) is 70.8 Å². The first kappa shape index (κ1) is 24.4. The quantitative estimate of drug-likeness (QED) is 0.210. The first-order valence-corrected chi connectivity index (χ1v) is 15.3. The number of hydrogen-bond donors (Lipinski definition) is 0. The van der Waals surface area contributed by atoms with Crippen molar-refractivity contribution in [2.45, 2.75) is 0 Å². The van der Waals surface area contributed by atoms with Crippen LogP contribution in [0, 0.1) is 0 Å². The zero-order valence-electron chi connectivity index (χ0n) is 24.2. The summed E-state index contributed by atoms with van der Waals surface area (Å²) in [4.78, 5) is 0. The smallest absolute Gasteiger partial charge is 0.136 e. The largest absolute Gasteiger partial charge is 0.456 e. The fraction of sp³-hybridized carbons (Fsp3) is 0. The van der Waals surface area contributed by atoms with Crippen molar-refractivity contribution < 1.29 is 8.83 Å². The Morgan fingerprint density at radius 3 is 1.62 bits per heavy atom. The Morgan fingerprint density at radius 1 is 0.333 bits per heavy atom. The Bertz CT molecular complexity index is 2740. The van der Waals surface area contributed by atoms with E-state index in [-0.39, 0.29) is 0 Å². The summed E-state index contributed by atoms with van der Waals surface area (Å²) in [7, 11) is 0. The molecule has 45 heavy (non-hydrogen) atoms. The molecule has 0 amide bonds. The van der Waals surface area contributed by atoms with Crippen LogP contribution in [0.2, 0.25) is 0 Å². The van der Waals surface area contributed by atoms with E-state index in [1.807, 2.05) is 30.3 Å². The number of hydrogen-bond acceptors (Lipinski definition) is 2. The summed E-state index contributed by atoms with van der Waals surface area (Å²) in [5.74, 6) is 0. The monoisotopic (exact) mass is 575 g/mol. The molecule has 3 heterocycles. The molecule has 10 aromatic rings. The second-order valence-electron chi connectivity index (χ2n) is 11.7. The van der Waals surface area contributed by atoms with Gasteiger partial charge in [0.25, 0.3) is 0 Å². The van der Waals surface area contributed by atoms with Gasteiger partial charge >= 0.3 is 0 Å². The molecule has 0 radical (unpaired) electrons. The molecular formula is C42H25NO2. The molecular weight excluding hydrogens is 550 g/mol. The fourth-order valence-corrected chi connectivity index (χ4v) is 7.21. The van der Waals surface area contributed by atoms with Crippen LogP contribution in [0.4, 0.5) is 0 Å². The van der Waals surface area contributed by atoms with Crippen molar-refractivity contribution in [1.82, 2.24) is 4.57 Å². The molecule has 0 aliphatic rings. The Kier molecular flexibility index (Phi) is 5.00. The Balaban J connectivity index is 1.07. The van der Waals surface area contributed by atoms with Gasteiger partial charge in [0.2, 0.25) is 0 Å². The lowest BCUT2D eigenvalue weighted by atomic mass is 9.97. The number of nitrogens with zero attached hydrogens (tertiary/aromatic N) is 1. The molecule has 0 bridgehead atoms. The van der Waals surface area contributed by atoms with Gasteiger partial charge in [0.15, 0.2) is 0 Å². The van der Waals surface area contributed by atoms with Crippen LogP contribution in [0.1, 0.15) is 0 Å². The third-order valence-corrected chi connectivity index (χ3v) is 9.23. The van der Waals surface area contributed by atoms with Gasteiger partial charge in [-0.25, -0.2) is 0 Å². The number of aromatic nitrogens is 1. The van der Waals surface area contributed by atoms with Gasteiger partial charge in [0.1, 0.15) is 22.3 Å². The van der Waals surface area contributed by atoms with Gasteiger partial charge in [-0.2, -0.15) is 0 Å². The maximum Gasteiger partial charge on any atom is 0.136 e. The Hall–Kier alpha value is -6.06. The average Bonchev–Trinajstić information content (AvgIpc) is 3.78. The van der Waals surface area contributed by atoms with E-state index >= 15 is 0 Å². The third kappa shape index (κ3) is 3.52. The van der Waals surface area contributed by atoms with Crippen molar-refractivity contribution in [3.8, 4) is 27.9 Å². The highest BCUT2D eigenvalue weighted by atomic mass is 16.3.